The first-order valence-corrected chi connectivity index (χ1v) is 8.68. The van der Waals surface area contributed by atoms with Gasteiger partial charge in [-0.1, -0.05) is 0 Å². The molecule has 0 radical (unpaired) electrons. The van der Waals surface area contributed by atoms with Crippen molar-refractivity contribution in [2.24, 2.45) is 12.0 Å². The van der Waals surface area contributed by atoms with Crippen LogP contribution in [0.4, 0.5) is 19.0 Å². The number of aliphatic imine (C=N–C) groups is 1. The Balaban J connectivity index is 0.00000392. The van der Waals surface area contributed by atoms with E-state index in [1.807, 2.05) is 48.8 Å². The topological polar surface area (TPSA) is 57.5 Å². The molecule has 10 heteroatoms. The highest BCUT2D eigenvalue weighted by Gasteiger charge is 2.33. The minimum atomic E-state index is -4.44. The number of hydrogen-bond donors (Lipinski definition) is 2. The second-order valence-electron chi connectivity index (χ2n) is 6.03. The Morgan fingerprint density at radius 2 is 2.04 bits per heavy atom. The van der Waals surface area contributed by atoms with Crippen LogP contribution >= 0.6 is 24.0 Å². The van der Waals surface area contributed by atoms with E-state index in [-0.39, 0.29) is 36.3 Å². The van der Waals surface area contributed by atoms with Crippen molar-refractivity contribution in [3.05, 3.63) is 47.9 Å². The number of halogens is 4. The summed E-state index contributed by atoms with van der Waals surface area (Å²) in [5.74, 6) is 0.514. The van der Waals surface area contributed by atoms with Crippen molar-refractivity contribution < 1.29 is 13.2 Å². The molecular weight excluding hydrogens is 484 g/mol. The lowest BCUT2D eigenvalue weighted by Gasteiger charge is -2.22. The van der Waals surface area contributed by atoms with Gasteiger partial charge in [0.05, 0.1) is 18.7 Å². The van der Waals surface area contributed by atoms with Gasteiger partial charge < -0.3 is 20.1 Å². The zero-order chi connectivity index (χ0) is 19.9. The predicted octanol–water partition coefficient (Wildman–Crippen LogP) is 3.57. The van der Waals surface area contributed by atoms with Gasteiger partial charge in [-0.25, -0.2) is 4.98 Å². The maximum atomic E-state index is 13.0. The number of guanidine groups is 1. The number of hydrogen-bond acceptors (Lipinski definition) is 3. The first-order chi connectivity index (χ1) is 12.8. The molecule has 28 heavy (non-hydrogen) atoms. The first-order valence-electron chi connectivity index (χ1n) is 8.68. The second-order valence-corrected chi connectivity index (χ2v) is 6.03. The van der Waals surface area contributed by atoms with E-state index in [0.29, 0.717) is 25.6 Å². The summed E-state index contributed by atoms with van der Waals surface area (Å²) < 4.78 is 41.0. The van der Waals surface area contributed by atoms with Crippen LogP contribution in [0, 0.1) is 0 Å². The molecule has 0 unspecified atom stereocenters. The largest absolute Gasteiger partial charge is 0.419 e. The van der Waals surface area contributed by atoms with Gasteiger partial charge in [0.2, 0.25) is 0 Å². The molecule has 2 N–H and O–H groups in total. The molecule has 0 aliphatic carbocycles. The summed E-state index contributed by atoms with van der Waals surface area (Å²) in [6.07, 6.45) is -1.13. The number of nitrogens with one attached hydrogen (secondary N) is 2. The van der Waals surface area contributed by atoms with Crippen molar-refractivity contribution in [2.75, 3.05) is 32.0 Å². The number of anilines is 1. The molecule has 2 aromatic heterocycles. The molecule has 0 amide bonds. The lowest BCUT2D eigenvalue weighted by Crippen LogP contribution is -2.39. The van der Waals surface area contributed by atoms with Crippen LogP contribution in [0.1, 0.15) is 18.2 Å². The van der Waals surface area contributed by atoms with Crippen LogP contribution in [0.5, 0.6) is 0 Å². The normalized spacial score (nSPS) is 11.7. The molecule has 2 heterocycles. The maximum absolute atomic E-state index is 13.0. The standard InChI is InChI=1S/C18H25F3N6.HI/c1-4-22-17(27(3)13-14-7-6-12-26(14)2)25-11-10-24-16-15(18(19,20)21)8-5-9-23-16;/h5-9,12H,4,10-11,13H2,1-3H3,(H,22,25)(H,23,24);1H. The summed E-state index contributed by atoms with van der Waals surface area (Å²) in [5, 5.41) is 5.91. The number of aromatic nitrogens is 2. The van der Waals surface area contributed by atoms with E-state index in [2.05, 4.69) is 20.6 Å². The lowest BCUT2D eigenvalue weighted by molar-refractivity contribution is -0.137. The van der Waals surface area contributed by atoms with Crippen LogP contribution in [-0.2, 0) is 19.8 Å². The van der Waals surface area contributed by atoms with E-state index >= 15 is 0 Å². The van der Waals surface area contributed by atoms with E-state index in [1.165, 1.54) is 12.3 Å². The SMILES string of the molecule is CCNC(=NCCNc1ncccc1C(F)(F)F)N(C)Cc1cccn1C.I. The Morgan fingerprint density at radius 1 is 1.29 bits per heavy atom. The Morgan fingerprint density at radius 3 is 2.64 bits per heavy atom. The fourth-order valence-corrected chi connectivity index (χ4v) is 2.56. The molecule has 0 spiro atoms. The van der Waals surface area contributed by atoms with Gasteiger partial charge in [-0.15, -0.1) is 24.0 Å². The van der Waals surface area contributed by atoms with Crippen molar-refractivity contribution in [3.8, 4) is 0 Å². The fraction of sp³-hybridized carbons (Fsp3) is 0.444. The third-order valence-corrected chi connectivity index (χ3v) is 3.93. The molecule has 2 rings (SSSR count). The van der Waals surface area contributed by atoms with Gasteiger partial charge >= 0.3 is 6.18 Å². The highest BCUT2D eigenvalue weighted by atomic mass is 127. The van der Waals surface area contributed by atoms with Crippen molar-refractivity contribution >= 4 is 35.8 Å². The van der Waals surface area contributed by atoms with Gasteiger partial charge in [-0.05, 0) is 31.2 Å². The average molecular weight is 510 g/mol. The molecule has 0 saturated carbocycles. The predicted molar refractivity (Wildman–Crippen MR) is 116 cm³/mol. The monoisotopic (exact) mass is 510 g/mol. The van der Waals surface area contributed by atoms with Crippen molar-refractivity contribution in [3.63, 3.8) is 0 Å². The number of nitrogens with zero attached hydrogens (tertiary/aromatic N) is 4. The minimum absolute atomic E-state index is 0. The van der Waals surface area contributed by atoms with E-state index < -0.39 is 11.7 Å². The zero-order valence-corrected chi connectivity index (χ0v) is 18.5. The van der Waals surface area contributed by atoms with Crippen LogP contribution < -0.4 is 10.6 Å². The van der Waals surface area contributed by atoms with Gasteiger partial charge in [0.15, 0.2) is 5.96 Å². The van der Waals surface area contributed by atoms with Gasteiger partial charge in [0, 0.05) is 45.3 Å². The summed E-state index contributed by atoms with van der Waals surface area (Å²) >= 11 is 0. The summed E-state index contributed by atoms with van der Waals surface area (Å²) in [4.78, 5) is 10.2. The number of pyridine rings is 1. The third-order valence-electron chi connectivity index (χ3n) is 3.93. The molecule has 0 aromatic carbocycles. The molecular formula is C18H26F3IN6. The fourth-order valence-electron chi connectivity index (χ4n) is 2.56. The van der Waals surface area contributed by atoms with Crippen molar-refractivity contribution in [1.82, 2.24) is 19.8 Å². The minimum Gasteiger partial charge on any atom is -0.368 e. The molecule has 0 atom stereocenters. The smallest absolute Gasteiger partial charge is 0.368 e. The summed E-state index contributed by atoms with van der Waals surface area (Å²) in [5.41, 5.74) is 0.353. The van der Waals surface area contributed by atoms with E-state index in [1.54, 1.807) is 0 Å². The van der Waals surface area contributed by atoms with E-state index in [4.69, 9.17) is 0 Å². The number of alkyl halides is 3. The van der Waals surface area contributed by atoms with Gasteiger partial charge in [-0.2, -0.15) is 13.2 Å². The second kappa shape index (κ2) is 11.1. The molecule has 0 bridgehead atoms. The summed E-state index contributed by atoms with van der Waals surface area (Å²) in [6, 6.07) is 6.29. The van der Waals surface area contributed by atoms with Crippen LogP contribution in [0.3, 0.4) is 0 Å². The Bertz CT molecular complexity index is 760. The summed E-state index contributed by atoms with van der Waals surface area (Å²) in [6.45, 7) is 3.89. The molecule has 6 nitrogen and oxygen atoms in total. The van der Waals surface area contributed by atoms with Crippen LogP contribution in [-0.4, -0.2) is 47.1 Å². The summed E-state index contributed by atoms with van der Waals surface area (Å²) in [7, 11) is 3.89. The van der Waals surface area contributed by atoms with Crippen LogP contribution in [0.25, 0.3) is 0 Å². The highest BCUT2D eigenvalue weighted by Crippen LogP contribution is 2.33. The van der Waals surface area contributed by atoms with Crippen LogP contribution in [0.15, 0.2) is 41.7 Å². The van der Waals surface area contributed by atoms with Crippen molar-refractivity contribution in [2.45, 2.75) is 19.6 Å². The first kappa shape index (κ1) is 24.1. The van der Waals surface area contributed by atoms with Gasteiger partial charge in [0.25, 0.3) is 0 Å². The third kappa shape index (κ3) is 6.88. The van der Waals surface area contributed by atoms with Gasteiger partial charge in [-0.3, -0.25) is 4.99 Å². The van der Waals surface area contributed by atoms with E-state index in [0.717, 1.165) is 11.8 Å². The molecule has 0 saturated heterocycles. The van der Waals surface area contributed by atoms with Crippen LogP contribution in [0.2, 0.25) is 0 Å². The van der Waals surface area contributed by atoms with Crippen molar-refractivity contribution in [1.29, 1.82) is 0 Å². The average Bonchev–Trinajstić information content (AvgIpc) is 3.02. The number of aryl methyl sites for hydroxylation is 1. The molecule has 2 aromatic rings. The lowest BCUT2D eigenvalue weighted by atomic mass is 10.2. The highest BCUT2D eigenvalue weighted by molar-refractivity contribution is 14.0. The zero-order valence-electron chi connectivity index (χ0n) is 16.1. The molecule has 0 aliphatic rings. The van der Waals surface area contributed by atoms with Gasteiger partial charge in [0.1, 0.15) is 5.82 Å². The number of rotatable bonds is 7. The Kier molecular flexibility index (Phi) is 9.56. The molecule has 0 fully saturated rings. The quantitative estimate of drug-likeness (QED) is 0.259. The Labute approximate surface area is 180 Å². The van der Waals surface area contributed by atoms with E-state index in [9.17, 15) is 13.2 Å². The molecule has 0 aliphatic heterocycles. The maximum Gasteiger partial charge on any atom is 0.419 e. The Hall–Kier alpha value is -1.98. The molecule has 156 valence electrons.